The Balaban J connectivity index is 2.15. The van der Waals surface area contributed by atoms with Crippen LogP contribution in [0.1, 0.15) is 24.0 Å². The van der Waals surface area contributed by atoms with Gasteiger partial charge in [-0.2, -0.15) is 0 Å². The quantitative estimate of drug-likeness (QED) is 0.878. The Labute approximate surface area is 114 Å². The molecular formula is C15H23NO3. The Morgan fingerprint density at radius 3 is 2.74 bits per heavy atom. The van der Waals surface area contributed by atoms with Gasteiger partial charge in [0.15, 0.2) is 0 Å². The van der Waals surface area contributed by atoms with Crippen LogP contribution in [-0.2, 0) is 11.3 Å². The summed E-state index contributed by atoms with van der Waals surface area (Å²) >= 11 is 0. The number of nitrogens with zero attached hydrogens (tertiary/aromatic N) is 1. The maximum atomic E-state index is 9.27. The summed E-state index contributed by atoms with van der Waals surface area (Å²) in [5.74, 6) is 1.08. The van der Waals surface area contributed by atoms with Crippen LogP contribution in [0.25, 0.3) is 0 Å². The van der Waals surface area contributed by atoms with Crippen molar-refractivity contribution in [3.63, 3.8) is 0 Å². The Hall–Kier alpha value is -1.10. The van der Waals surface area contributed by atoms with Crippen LogP contribution in [0.15, 0.2) is 18.2 Å². The molecule has 4 nitrogen and oxygen atoms in total. The second kappa shape index (κ2) is 6.89. The van der Waals surface area contributed by atoms with Crippen LogP contribution in [-0.4, -0.2) is 50.0 Å². The molecule has 0 radical (unpaired) electrons. The van der Waals surface area contributed by atoms with Gasteiger partial charge in [0.1, 0.15) is 5.75 Å². The van der Waals surface area contributed by atoms with Crippen molar-refractivity contribution in [1.29, 1.82) is 0 Å². The number of aliphatic hydroxyl groups excluding tert-OH is 1. The maximum absolute atomic E-state index is 9.27. The summed E-state index contributed by atoms with van der Waals surface area (Å²) in [6.07, 6.45) is 0. The van der Waals surface area contributed by atoms with Gasteiger partial charge in [-0.1, -0.05) is 19.1 Å². The largest absolute Gasteiger partial charge is 0.496 e. The molecule has 0 amide bonds. The Morgan fingerprint density at radius 2 is 2.11 bits per heavy atom. The summed E-state index contributed by atoms with van der Waals surface area (Å²) < 4.78 is 10.8. The van der Waals surface area contributed by atoms with Gasteiger partial charge in [-0.25, -0.2) is 0 Å². The van der Waals surface area contributed by atoms with Crippen LogP contribution in [0.5, 0.6) is 5.75 Å². The second-order valence-electron chi connectivity index (χ2n) is 5.04. The summed E-state index contributed by atoms with van der Waals surface area (Å²) in [4.78, 5) is 2.37. The summed E-state index contributed by atoms with van der Waals surface area (Å²) in [5.41, 5.74) is 2.34. The zero-order valence-corrected chi connectivity index (χ0v) is 11.8. The highest BCUT2D eigenvalue weighted by Gasteiger charge is 2.15. The topological polar surface area (TPSA) is 41.9 Å². The van der Waals surface area contributed by atoms with E-state index in [2.05, 4.69) is 11.0 Å². The van der Waals surface area contributed by atoms with Crippen molar-refractivity contribution < 1.29 is 14.6 Å². The minimum absolute atomic E-state index is 0.161. The third-order valence-corrected chi connectivity index (χ3v) is 3.65. The molecule has 0 aliphatic carbocycles. The van der Waals surface area contributed by atoms with Gasteiger partial charge in [-0.15, -0.1) is 0 Å². The first-order valence-electron chi connectivity index (χ1n) is 6.82. The van der Waals surface area contributed by atoms with E-state index in [4.69, 9.17) is 9.47 Å². The normalized spacial score (nSPS) is 18.3. The van der Waals surface area contributed by atoms with Gasteiger partial charge in [0.25, 0.3) is 0 Å². The standard InChI is InChI=1S/C15H23NO3/c1-12(11-17)13-3-4-15(18-2)14(9-13)10-16-5-7-19-8-6-16/h3-4,9,12,17H,5-8,10-11H2,1-2H3. The van der Waals surface area contributed by atoms with Crippen molar-refractivity contribution in [2.45, 2.75) is 19.4 Å². The Bertz CT molecular complexity index is 402. The van der Waals surface area contributed by atoms with Crippen molar-refractivity contribution in [1.82, 2.24) is 4.90 Å². The first-order valence-corrected chi connectivity index (χ1v) is 6.82. The summed E-state index contributed by atoms with van der Waals surface area (Å²) in [6.45, 7) is 6.60. The molecule has 2 rings (SSSR count). The molecule has 0 saturated carbocycles. The number of ether oxygens (including phenoxy) is 2. The predicted octanol–water partition coefficient (Wildman–Crippen LogP) is 1.62. The number of hydrogen-bond donors (Lipinski definition) is 1. The van der Waals surface area contributed by atoms with Crippen molar-refractivity contribution in [3.05, 3.63) is 29.3 Å². The monoisotopic (exact) mass is 265 g/mol. The molecule has 1 heterocycles. The molecular weight excluding hydrogens is 242 g/mol. The molecule has 1 aliphatic rings. The molecule has 1 unspecified atom stereocenters. The summed E-state index contributed by atoms with van der Waals surface area (Å²) in [7, 11) is 1.70. The Morgan fingerprint density at radius 1 is 1.37 bits per heavy atom. The third kappa shape index (κ3) is 3.69. The van der Waals surface area contributed by atoms with E-state index in [-0.39, 0.29) is 12.5 Å². The highest BCUT2D eigenvalue weighted by Crippen LogP contribution is 2.25. The zero-order valence-electron chi connectivity index (χ0n) is 11.8. The van der Waals surface area contributed by atoms with E-state index < -0.39 is 0 Å². The molecule has 1 saturated heterocycles. The first-order chi connectivity index (χ1) is 9.24. The van der Waals surface area contributed by atoms with E-state index >= 15 is 0 Å². The zero-order chi connectivity index (χ0) is 13.7. The lowest BCUT2D eigenvalue weighted by atomic mass is 9.99. The van der Waals surface area contributed by atoms with E-state index in [0.717, 1.165) is 44.2 Å². The summed E-state index contributed by atoms with van der Waals surface area (Å²) in [5, 5.41) is 9.27. The second-order valence-corrected chi connectivity index (χ2v) is 5.04. The fourth-order valence-corrected chi connectivity index (χ4v) is 2.33. The van der Waals surface area contributed by atoms with Crippen LogP contribution >= 0.6 is 0 Å². The smallest absolute Gasteiger partial charge is 0.123 e. The van der Waals surface area contributed by atoms with E-state index in [1.807, 2.05) is 19.1 Å². The van der Waals surface area contributed by atoms with Gasteiger partial charge in [-0.05, 0) is 11.6 Å². The molecule has 1 atom stereocenters. The highest BCUT2D eigenvalue weighted by atomic mass is 16.5. The molecule has 1 fully saturated rings. The van der Waals surface area contributed by atoms with Crippen molar-refractivity contribution in [2.75, 3.05) is 40.0 Å². The minimum atomic E-state index is 0.161. The Kier molecular flexibility index (Phi) is 5.19. The van der Waals surface area contributed by atoms with E-state index in [9.17, 15) is 5.11 Å². The van der Waals surface area contributed by atoms with Crippen LogP contribution < -0.4 is 4.74 Å². The lowest BCUT2D eigenvalue weighted by Gasteiger charge is -2.27. The van der Waals surface area contributed by atoms with E-state index in [0.29, 0.717) is 0 Å². The average Bonchev–Trinajstić information content (AvgIpc) is 2.47. The molecule has 1 N–H and O–H groups in total. The van der Waals surface area contributed by atoms with Crippen LogP contribution in [0.3, 0.4) is 0 Å². The van der Waals surface area contributed by atoms with Gasteiger partial charge in [0, 0.05) is 37.7 Å². The molecule has 106 valence electrons. The molecule has 4 heteroatoms. The third-order valence-electron chi connectivity index (χ3n) is 3.65. The number of hydrogen-bond acceptors (Lipinski definition) is 4. The molecule has 0 spiro atoms. The fraction of sp³-hybridized carbons (Fsp3) is 0.600. The summed E-state index contributed by atoms with van der Waals surface area (Å²) in [6, 6.07) is 6.18. The lowest BCUT2D eigenvalue weighted by Crippen LogP contribution is -2.35. The average molecular weight is 265 g/mol. The molecule has 1 aliphatic heterocycles. The number of methoxy groups -OCH3 is 1. The molecule has 19 heavy (non-hydrogen) atoms. The molecule has 0 bridgehead atoms. The first kappa shape index (κ1) is 14.3. The minimum Gasteiger partial charge on any atom is -0.496 e. The number of benzene rings is 1. The lowest BCUT2D eigenvalue weighted by molar-refractivity contribution is 0.0338. The maximum Gasteiger partial charge on any atom is 0.123 e. The fourth-order valence-electron chi connectivity index (χ4n) is 2.33. The predicted molar refractivity (Wildman–Crippen MR) is 74.6 cm³/mol. The van der Waals surface area contributed by atoms with Gasteiger partial charge in [0.05, 0.1) is 20.3 Å². The van der Waals surface area contributed by atoms with Gasteiger partial charge in [-0.3, -0.25) is 4.90 Å². The van der Waals surface area contributed by atoms with Crippen molar-refractivity contribution in [2.24, 2.45) is 0 Å². The SMILES string of the molecule is COc1ccc(C(C)CO)cc1CN1CCOCC1. The molecule has 1 aromatic carbocycles. The van der Waals surface area contributed by atoms with Crippen LogP contribution in [0.2, 0.25) is 0 Å². The van der Waals surface area contributed by atoms with Crippen LogP contribution in [0.4, 0.5) is 0 Å². The molecule has 1 aromatic rings. The van der Waals surface area contributed by atoms with Crippen molar-refractivity contribution in [3.8, 4) is 5.75 Å². The molecule has 0 aromatic heterocycles. The van der Waals surface area contributed by atoms with Crippen molar-refractivity contribution >= 4 is 0 Å². The van der Waals surface area contributed by atoms with E-state index in [1.54, 1.807) is 7.11 Å². The van der Waals surface area contributed by atoms with E-state index in [1.165, 1.54) is 5.56 Å². The van der Waals surface area contributed by atoms with Gasteiger partial charge < -0.3 is 14.6 Å². The number of aliphatic hydroxyl groups is 1. The van der Waals surface area contributed by atoms with Crippen LogP contribution in [0, 0.1) is 0 Å². The van der Waals surface area contributed by atoms with Gasteiger partial charge in [0.2, 0.25) is 0 Å². The number of rotatable bonds is 5. The number of morpholine rings is 1. The van der Waals surface area contributed by atoms with Gasteiger partial charge >= 0.3 is 0 Å². The highest BCUT2D eigenvalue weighted by molar-refractivity contribution is 5.38.